The van der Waals surface area contributed by atoms with E-state index < -0.39 is 5.97 Å². The van der Waals surface area contributed by atoms with Gasteiger partial charge >= 0.3 is 5.97 Å². The van der Waals surface area contributed by atoms with E-state index in [1.54, 1.807) is 12.1 Å². The molecule has 4 nitrogen and oxygen atoms in total. The first-order chi connectivity index (χ1) is 7.11. The number of esters is 1. The monoisotopic (exact) mass is 287 g/mol. The van der Waals surface area contributed by atoms with Crippen molar-refractivity contribution in [3.63, 3.8) is 0 Å². The number of pyridine rings is 1. The number of thiophene rings is 1. The maximum absolute atomic E-state index is 11.3. The summed E-state index contributed by atoms with van der Waals surface area (Å²) in [6, 6.07) is 3.36. The highest BCUT2D eigenvalue weighted by Gasteiger charge is 2.11. The Morgan fingerprint density at radius 1 is 1.53 bits per heavy atom. The van der Waals surface area contributed by atoms with Gasteiger partial charge in [-0.25, -0.2) is 4.79 Å². The van der Waals surface area contributed by atoms with Crippen LogP contribution in [0.2, 0.25) is 0 Å². The van der Waals surface area contributed by atoms with Gasteiger partial charge in [-0.3, -0.25) is 4.79 Å². The Bertz CT molecular complexity index is 587. The van der Waals surface area contributed by atoms with Crippen molar-refractivity contribution in [1.29, 1.82) is 0 Å². The van der Waals surface area contributed by atoms with Crippen LogP contribution < -0.4 is 5.56 Å². The van der Waals surface area contributed by atoms with Crippen molar-refractivity contribution in [2.45, 2.75) is 0 Å². The van der Waals surface area contributed by atoms with Gasteiger partial charge in [0.15, 0.2) is 0 Å². The van der Waals surface area contributed by atoms with Crippen LogP contribution in [0.3, 0.4) is 0 Å². The van der Waals surface area contributed by atoms with Gasteiger partial charge in [-0.1, -0.05) is 0 Å². The molecule has 15 heavy (non-hydrogen) atoms. The van der Waals surface area contributed by atoms with E-state index in [0.29, 0.717) is 14.2 Å². The van der Waals surface area contributed by atoms with Gasteiger partial charge in [0, 0.05) is 5.39 Å². The quantitative estimate of drug-likeness (QED) is 0.818. The van der Waals surface area contributed by atoms with Crippen LogP contribution in [0, 0.1) is 0 Å². The van der Waals surface area contributed by atoms with Gasteiger partial charge in [0.1, 0.15) is 9.71 Å². The highest BCUT2D eigenvalue weighted by molar-refractivity contribution is 9.10. The maximum atomic E-state index is 11.3. The molecule has 0 unspecified atom stereocenters. The number of hydrogen-bond donors (Lipinski definition) is 1. The summed E-state index contributed by atoms with van der Waals surface area (Å²) >= 11 is 4.33. The number of aromatic amines is 1. The van der Waals surface area contributed by atoms with E-state index in [1.165, 1.54) is 18.4 Å². The van der Waals surface area contributed by atoms with Crippen molar-refractivity contribution in [3.8, 4) is 0 Å². The number of methoxy groups -OCH3 is 1. The molecule has 0 fully saturated rings. The largest absolute Gasteiger partial charge is 0.465 e. The second kappa shape index (κ2) is 3.79. The van der Waals surface area contributed by atoms with Gasteiger partial charge in [-0.05, 0) is 28.1 Å². The lowest BCUT2D eigenvalue weighted by atomic mass is 10.3. The van der Waals surface area contributed by atoms with Crippen LogP contribution in [0.5, 0.6) is 0 Å². The molecule has 2 heterocycles. The fourth-order valence-corrected chi connectivity index (χ4v) is 2.47. The number of aromatic nitrogens is 1. The summed E-state index contributed by atoms with van der Waals surface area (Å²) in [7, 11) is 1.32. The topological polar surface area (TPSA) is 59.2 Å². The number of nitrogens with one attached hydrogen (secondary N) is 1. The Balaban J connectivity index is 2.66. The third-order valence-corrected chi connectivity index (χ3v) is 3.51. The summed E-state index contributed by atoms with van der Waals surface area (Å²) in [5, 5.41) is 0.812. The molecule has 0 spiro atoms. The number of H-pyrrole nitrogens is 1. The van der Waals surface area contributed by atoms with Gasteiger partial charge in [0.2, 0.25) is 0 Å². The Hall–Kier alpha value is -1.14. The van der Waals surface area contributed by atoms with Gasteiger partial charge < -0.3 is 9.72 Å². The summed E-state index contributed by atoms with van der Waals surface area (Å²) in [4.78, 5) is 26.3. The van der Waals surface area contributed by atoms with Gasteiger partial charge in [0.25, 0.3) is 5.56 Å². The summed E-state index contributed by atoms with van der Waals surface area (Å²) in [6.07, 6.45) is 0. The van der Waals surface area contributed by atoms with Crippen molar-refractivity contribution in [2.75, 3.05) is 7.11 Å². The van der Waals surface area contributed by atoms with Crippen LogP contribution in [0.25, 0.3) is 10.2 Å². The summed E-state index contributed by atoms with van der Waals surface area (Å²) in [5.74, 6) is -0.395. The summed E-state index contributed by atoms with van der Waals surface area (Å²) in [5.41, 5.74) is -0.208. The van der Waals surface area contributed by atoms with Crippen molar-refractivity contribution >= 4 is 43.5 Å². The number of halogens is 1. The van der Waals surface area contributed by atoms with E-state index >= 15 is 0 Å². The van der Waals surface area contributed by atoms with Gasteiger partial charge in [0.05, 0.1) is 11.6 Å². The minimum absolute atomic E-state index is 0.208. The van der Waals surface area contributed by atoms with E-state index in [0.717, 1.165) is 5.39 Å². The molecule has 0 amide bonds. The van der Waals surface area contributed by atoms with E-state index in [2.05, 4.69) is 25.7 Å². The molecular formula is C9H6BrNO3S. The number of rotatable bonds is 1. The second-order valence-corrected chi connectivity index (χ2v) is 4.74. The molecule has 2 aromatic heterocycles. The SMILES string of the molecule is COC(=O)c1cc2cc(Br)c(=O)[nH]c2s1. The van der Waals surface area contributed by atoms with Crippen LogP contribution in [0.1, 0.15) is 9.67 Å². The van der Waals surface area contributed by atoms with Gasteiger partial charge in [-0.15, -0.1) is 11.3 Å². The molecule has 0 aliphatic heterocycles. The summed E-state index contributed by atoms with van der Waals surface area (Å²) in [6.45, 7) is 0. The number of fused-ring (bicyclic) bond motifs is 1. The first-order valence-electron chi connectivity index (χ1n) is 4.02. The minimum atomic E-state index is -0.395. The van der Waals surface area contributed by atoms with Crippen molar-refractivity contribution in [1.82, 2.24) is 4.98 Å². The van der Waals surface area contributed by atoms with E-state index in [1.807, 2.05) is 0 Å². The number of carbonyl (C=O) groups excluding carboxylic acids is 1. The predicted molar refractivity (Wildman–Crippen MR) is 61.5 cm³/mol. The Kier molecular flexibility index (Phi) is 2.62. The first kappa shape index (κ1) is 10.4. The molecule has 2 aromatic rings. The highest BCUT2D eigenvalue weighted by Crippen LogP contribution is 2.24. The third kappa shape index (κ3) is 1.82. The zero-order valence-electron chi connectivity index (χ0n) is 7.67. The van der Waals surface area contributed by atoms with Crippen molar-refractivity contribution < 1.29 is 9.53 Å². The molecule has 78 valence electrons. The number of ether oxygens (including phenoxy) is 1. The smallest absolute Gasteiger partial charge is 0.348 e. The third-order valence-electron chi connectivity index (χ3n) is 1.87. The minimum Gasteiger partial charge on any atom is -0.465 e. The summed E-state index contributed by atoms with van der Waals surface area (Å²) < 4.78 is 5.04. The highest BCUT2D eigenvalue weighted by atomic mass is 79.9. The molecule has 0 atom stereocenters. The first-order valence-corrected chi connectivity index (χ1v) is 5.63. The molecule has 6 heteroatoms. The van der Waals surface area contributed by atoms with Crippen LogP contribution in [0.15, 0.2) is 21.4 Å². The molecule has 0 saturated heterocycles. The van der Waals surface area contributed by atoms with E-state index in [9.17, 15) is 9.59 Å². The molecule has 0 aliphatic rings. The normalized spacial score (nSPS) is 10.5. The predicted octanol–water partition coefficient (Wildman–Crippen LogP) is 2.14. The average molecular weight is 288 g/mol. The standard InChI is InChI=1S/C9H6BrNO3S/c1-14-9(13)6-3-4-2-5(10)7(12)11-8(4)15-6/h2-3H,1H3,(H,11,12). The lowest BCUT2D eigenvalue weighted by Gasteiger charge is -1.90. The number of hydrogen-bond acceptors (Lipinski definition) is 4. The Labute approximate surface area is 97.0 Å². The fraction of sp³-hybridized carbons (Fsp3) is 0.111. The maximum Gasteiger partial charge on any atom is 0.348 e. The molecule has 0 aliphatic carbocycles. The average Bonchev–Trinajstić information content (AvgIpc) is 2.60. The van der Waals surface area contributed by atoms with Crippen LogP contribution in [-0.4, -0.2) is 18.1 Å². The molecule has 0 bridgehead atoms. The fourth-order valence-electron chi connectivity index (χ4n) is 1.18. The van der Waals surface area contributed by atoms with Crippen molar-refractivity contribution in [3.05, 3.63) is 31.8 Å². The van der Waals surface area contributed by atoms with E-state index in [4.69, 9.17) is 0 Å². The van der Waals surface area contributed by atoms with Crippen LogP contribution >= 0.6 is 27.3 Å². The lowest BCUT2D eigenvalue weighted by molar-refractivity contribution is 0.0606. The molecular weight excluding hydrogens is 282 g/mol. The van der Waals surface area contributed by atoms with Crippen LogP contribution in [0.4, 0.5) is 0 Å². The number of carbonyl (C=O) groups is 1. The Morgan fingerprint density at radius 2 is 2.27 bits per heavy atom. The lowest BCUT2D eigenvalue weighted by Crippen LogP contribution is -2.04. The molecule has 1 N–H and O–H groups in total. The van der Waals surface area contributed by atoms with Crippen LogP contribution in [-0.2, 0) is 4.74 Å². The molecule has 2 rings (SSSR count). The van der Waals surface area contributed by atoms with Crippen molar-refractivity contribution in [2.24, 2.45) is 0 Å². The molecule has 0 aromatic carbocycles. The zero-order valence-corrected chi connectivity index (χ0v) is 10.1. The zero-order chi connectivity index (χ0) is 11.0. The second-order valence-electron chi connectivity index (χ2n) is 2.83. The molecule has 0 radical (unpaired) electrons. The van der Waals surface area contributed by atoms with E-state index in [-0.39, 0.29) is 5.56 Å². The van der Waals surface area contributed by atoms with Gasteiger partial charge in [-0.2, -0.15) is 0 Å². The Morgan fingerprint density at radius 3 is 2.93 bits per heavy atom. The molecule has 0 saturated carbocycles.